The molecule has 2 nitrogen and oxygen atoms in total. The normalized spacial score (nSPS) is 10.2. The maximum absolute atomic E-state index is 13.0. The van der Waals surface area contributed by atoms with E-state index in [1.54, 1.807) is 18.2 Å². The lowest BCUT2D eigenvalue weighted by Gasteiger charge is -2.07. The molecule has 1 N–H and O–H groups in total. The van der Waals surface area contributed by atoms with Crippen molar-refractivity contribution in [2.45, 2.75) is 13.1 Å². The summed E-state index contributed by atoms with van der Waals surface area (Å²) < 4.78 is 13.0. The minimum absolute atomic E-state index is 0.240. The number of benzene rings is 2. The average molecular weight is 275 g/mol. The molecule has 4 heteroatoms. The van der Waals surface area contributed by atoms with Crippen LogP contribution in [0.25, 0.3) is 0 Å². The molecular weight excluding hydrogens is 263 g/mol. The van der Waals surface area contributed by atoms with Crippen LogP contribution in [0.4, 0.5) is 4.39 Å². The second-order valence-corrected chi connectivity index (χ2v) is 4.56. The lowest BCUT2D eigenvalue weighted by atomic mass is 10.1. The van der Waals surface area contributed by atoms with Crippen molar-refractivity contribution in [3.8, 4) is 6.07 Å². The van der Waals surface area contributed by atoms with Crippen LogP contribution in [0.5, 0.6) is 0 Å². The maximum Gasteiger partial charge on any atom is 0.123 e. The van der Waals surface area contributed by atoms with Crippen molar-refractivity contribution in [3.05, 3.63) is 70.0 Å². The van der Waals surface area contributed by atoms with E-state index in [1.165, 1.54) is 12.1 Å². The summed E-state index contributed by atoms with van der Waals surface area (Å²) >= 11 is 6.06. The Kier molecular flexibility index (Phi) is 4.51. The topological polar surface area (TPSA) is 35.8 Å². The zero-order valence-electron chi connectivity index (χ0n) is 10.2. The smallest absolute Gasteiger partial charge is 0.123 e. The van der Waals surface area contributed by atoms with Crippen molar-refractivity contribution in [3.63, 3.8) is 0 Å². The number of hydrogen-bond acceptors (Lipinski definition) is 2. The van der Waals surface area contributed by atoms with Crippen LogP contribution in [-0.4, -0.2) is 0 Å². The van der Waals surface area contributed by atoms with E-state index in [4.69, 9.17) is 16.9 Å². The Morgan fingerprint density at radius 1 is 1.16 bits per heavy atom. The number of rotatable bonds is 4. The summed E-state index contributed by atoms with van der Waals surface area (Å²) in [6.45, 7) is 1.13. The molecule has 0 aliphatic heterocycles. The molecule has 0 unspecified atom stereocenters. The van der Waals surface area contributed by atoms with Gasteiger partial charge in [-0.25, -0.2) is 4.39 Å². The van der Waals surface area contributed by atoms with Gasteiger partial charge in [0.15, 0.2) is 0 Å². The summed E-state index contributed by atoms with van der Waals surface area (Å²) in [5, 5.41) is 12.5. The quantitative estimate of drug-likeness (QED) is 0.924. The molecule has 0 saturated heterocycles. The van der Waals surface area contributed by atoms with Crippen LogP contribution >= 0.6 is 11.6 Å². The van der Waals surface area contributed by atoms with Crippen molar-refractivity contribution in [1.29, 1.82) is 5.26 Å². The summed E-state index contributed by atoms with van der Waals surface area (Å²) in [7, 11) is 0. The van der Waals surface area contributed by atoms with Crippen LogP contribution in [0.15, 0.2) is 42.5 Å². The summed E-state index contributed by atoms with van der Waals surface area (Å²) in [6.07, 6.45) is 0. The van der Waals surface area contributed by atoms with Gasteiger partial charge in [0.1, 0.15) is 5.82 Å². The zero-order chi connectivity index (χ0) is 13.7. The molecule has 0 atom stereocenters. The average Bonchev–Trinajstić information content (AvgIpc) is 2.40. The molecule has 0 spiro atoms. The third kappa shape index (κ3) is 3.78. The number of nitriles is 1. The Hall–Kier alpha value is -1.89. The summed E-state index contributed by atoms with van der Waals surface area (Å²) in [4.78, 5) is 0. The maximum atomic E-state index is 13.0. The van der Waals surface area contributed by atoms with Gasteiger partial charge in [0.05, 0.1) is 11.6 Å². The second-order valence-electron chi connectivity index (χ2n) is 4.15. The third-order valence-corrected chi connectivity index (χ3v) is 3.07. The Labute approximate surface area is 116 Å². The summed E-state index contributed by atoms with van der Waals surface area (Å²) in [5.74, 6) is -0.240. The van der Waals surface area contributed by atoms with Gasteiger partial charge in [0.2, 0.25) is 0 Å². The molecule has 0 amide bonds. The number of hydrogen-bond donors (Lipinski definition) is 1. The third-order valence-electron chi connectivity index (χ3n) is 2.72. The van der Waals surface area contributed by atoms with Crippen LogP contribution in [0.1, 0.15) is 16.7 Å². The van der Waals surface area contributed by atoms with Crippen molar-refractivity contribution in [2.24, 2.45) is 0 Å². The fourth-order valence-electron chi connectivity index (χ4n) is 1.75. The van der Waals surface area contributed by atoms with E-state index in [-0.39, 0.29) is 5.82 Å². The van der Waals surface area contributed by atoms with Gasteiger partial charge in [-0.15, -0.1) is 0 Å². The van der Waals surface area contributed by atoms with Crippen molar-refractivity contribution >= 4 is 11.6 Å². The van der Waals surface area contributed by atoms with Crippen LogP contribution in [0.3, 0.4) is 0 Å². The molecule has 0 bridgehead atoms. The molecule has 0 fully saturated rings. The highest BCUT2D eigenvalue weighted by molar-refractivity contribution is 6.31. The van der Waals surface area contributed by atoms with Gasteiger partial charge in [0, 0.05) is 18.1 Å². The van der Waals surface area contributed by atoms with E-state index in [1.807, 2.05) is 18.2 Å². The van der Waals surface area contributed by atoms with Crippen molar-refractivity contribution in [2.75, 3.05) is 0 Å². The largest absolute Gasteiger partial charge is 0.309 e. The second kappa shape index (κ2) is 6.33. The van der Waals surface area contributed by atoms with Crippen LogP contribution in [0.2, 0.25) is 5.02 Å². The van der Waals surface area contributed by atoms with Crippen molar-refractivity contribution in [1.82, 2.24) is 5.32 Å². The molecule has 2 aromatic rings. The molecule has 0 radical (unpaired) electrons. The molecule has 96 valence electrons. The molecule has 0 aliphatic carbocycles. The standard InChI is InChI=1S/C15H12ClFN2/c16-15-7-11(8-18)4-5-13(15)10-19-9-12-2-1-3-14(17)6-12/h1-7,19H,9-10H2. The minimum Gasteiger partial charge on any atom is -0.309 e. The first-order valence-electron chi connectivity index (χ1n) is 5.83. The van der Waals surface area contributed by atoms with Gasteiger partial charge in [-0.3, -0.25) is 0 Å². The highest BCUT2D eigenvalue weighted by Gasteiger charge is 2.02. The van der Waals surface area contributed by atoms with E-state index < -0.39 is 0 Å². The molecule has 0 aromatic heterocycles. The first kappa shape index (κ1) is 13.5. The minimum atomic E-state index is -0.240. The van der Waals surface area contributed by atoms with Gasteiger partial charge >= 0.3 is 0 Å². The van der Waals surface area contributed by atoms with E-state index in [9.17, 15) is 4.39 Å². The Balaban J connectivity index is 1.94. The summed E-state index contributed by atoms with van der Waals surface area (Å²) in [5.41, 5.74) is 2.33. The SMILES string of the molecule is N#Cc1ccc(CNCc2cccc(F)c2)c(Cl)c1. The number of nitrogens with zero attached hydrogens (tertiary/aromatic N) is 1. The Morgan fingerprint density at radius 3 is 2.68 bits per heavy atom. The highest BCUT2D eigenvalue weighted by Crippen LogP contribution is 2.17. The molecule has 2 rings (SSSR count). The first-order valence-corrected chi connectivity index (χ1v) is 6.20. The van der Waals surface area contributed by atoms with Crippen LogP contribution in [0, 0.1) is 17.1 Å². The highest BCUT2D eigenvalue weighted by atomic mass is 35.5. The van der Waals surface area contributed by atoms with Gasteiger partial charge in [0.25, 0.3) is 0 Å². The van der Waals surface area contributed by atoms with E-state index >= 15 is 0 Å². The molecular formula is C15H12ClFN2. The zero-order valence-corrected chi connectivity index (χ0v) is 10.9. The fourth-order valence-corrected chi connectivity index (χ4v) is 2.00. The lowest BCUT2D eigenvalue weighted by Crippen LogP contribution is -2.13. The number of halogens is 2. The Morgan fingerprint density at radius 2 is 2.00 bits per heavy atom. The van der Waals surface area contributed by atoms with E-state index in [0.29, 0.717) is 23.7 Å². The fraction of sp³-hybridized carbons (Fsp3) is 0.133. The summed E-state index contributed by atoms with van der Waals surface area (Å²) in [6, 6.07) is 13.7. The molecule has 0 heterocycles. The monoisotopic (exact) mass is 274 g/mol. The molecule has 2 aromatic carbocycles. The van der Waals surface area contributed by atoms with E-state index in [2.05, 4.69) is 5.32 Å². The lowest BCUT2D eigenvalue weighted by molar-refractivity contribution is 0.620. The van der Waals surface area contributed by atoms with Gasteiger partial charge in [-0.1, -0.05) is 29.8 Å². The number of nitrogens with one attached hydrogen (secondary N) is 1. The van der Waals surface area contributed by atoms with Crippen LogP contribution in [-0.2, 0) is 13.1 Å². The molecule has 0 aliphatic rings. The van der Waals surface area contributed by atoms with Gasteiger partial charge < -0.3 is 5.32 Å². The predicted molar refractivity (Wildman–Crippen MR) is 73.1 cm³/mol. The van der Waals surface area contributed by atoms with Gasteiger partial charge in [-0.05, 0) is 35.4 Å². The Bertz CT molecular complexity index is 620. The van der Waals surface area contributed by atoms with E-state index in [0.717, 1.165) is 11.1 Å². The van der Waals surface area contributed by atoms with Crippen molar-refractivity contribution < 1.29 is 4.39 Å². The van der Waals surface area contributed by atoms with Crippen LogP contribution < -0.4 is 5.32 Å². The molecule has 0 saturated carbocycles. The predicted octanol–water partition coefficient (Wildman–Crippen LogP) is 3.64. The van der Waals surface area contributed by atoms with Gasteiger partial charge in [-0.2, -0.15) is 5.26 Å². The molecule has 19 heavy (non-hydrogen) atoms. The first-order chi connectivity index (χ1) is 9.19.